The van der Waals surface area contributed by atoms with E-state index in [0.717, 1.165) is 11.1 Å². The fourth-order valence-electron chi connectivity index (χ4n) is 3.87. The largest absolute Gasteiger partial charge is 0.456 e. The van der Waals surface area contributed by atoms with Crippen molar-refractivity contribution in [1.29, 1.82) is 0 Å². The molecule has 0 heterocycles. The summed E-state index contributed by atoms with van der Waals surface area (Å²) in [6.07, 6.45) is 0. The number of hydrogen-bond acceptors (Lipinski definition) is 4. The molecule has 4 aromatic carbocycles. The van der Waals surface area contributed by atoms with E-state index in [1.54, 1.807) is 60.7 Å². The quantitative estimate of drug-likeness (QED) is 0.245. The summed E-state index contributed by atoms with van der Waals surface area (Å²) in [7, 11) is -4.56. The van der Waals surface area contributed by atoms with Gasteiger partial charge >= 0.3 is 5.97 Å². The van der Waals surface area contributed by atoms with Crippen LogP contribution in [0.1, 0.15) is 31.1 Å². The SMILES string of the molecule is CC(C)(C)OC(=O)c1ccc(-c2cc(-c3ccccc3)c(S(=O)(=O)O)c(-c3ccccc3)c2)cc1. The summed E-state index contributed by atoms with van der Waals surface area (Å²) in [6.45, 7) is 5.44. The zero-order chi connectivity index (χ0) is 25.2. The molecule has 178 valence electrons. The van der Waals surface area contributed by atoms with Gasteiger partial charge in [0.25, 0.3) is 10.1 Å². The van der Waals surface area contributed by atoms with Crippen LogP contribution in [0.4, 0.5) is 0 Å². The Morgan fingerprint density at radius 3 is 1.54 bits per heavy atom. The highest BCUT2D eigenvalue weighted by molar-refractivity contribution is 7.86. The molecular weight excluding hydrogens is 460 g/mol. The molecular formula is C29H26O5S. The summed E-state index contributed by atoms with van der Waals surface area (Å²) in [5.74, 6) is -0.416. The van der Waals surface area contributed by atoms with Gasteiger partial charge in [-0.25, -0.2) is 4.79 Å². The predicted molar refractivity (Wildman–Crippen MR) is 138 cm³/mol. The summed E-state index contributed by atoms with van der Waals surface area (Å²) >= 11 is 0. The van der Waals surface area contributed by atoms with E-state index in [-0.39, 0.29) is 4.90 Å². The van der Waals surface area contributed by atoms with E-state index in [1.807, 2.05) is 57.2 Å². The standard InChI is InChI=1S/C29H26O5S/c1-29(2,3)34-28(30)23-16-14-20(15-17-23)24-18-25(21-10-6-4-7-11-21)27(35(31,32)33)26(19-24)22-12-8-5-9-13-22/h4-19H,1-3H3,(H,31,32,33). The summed E-state index contributed by atoms with van der Waals surface area (Å²) in [4.78, 5) is 12.3. The predicted octanol–water partition coefficient (Wildman–Crippen LogP) is 6.89. The van der Waals surface area contributed by atoms with E-state index in [4.69, 9.17) is 4.74 Å². The fraction of sp³-hybridized carbons (Fsp3) is 0.138. The molecule has 6 heteroatoms. The van der Waals surface area contributed by atoms with Crippen molar-refractivity contribution in [3.8, 4) is 33.4 Å². The zero-order valence-corrected chi connectivity index (χ0v) is 20.5. The highest BCUT2D eigenvalue weighted by Crippen LogP contribution is 2.40. The number of rotatable bonds is 5. The zero-order valence-electron chi connectivity index (χ0n) is 19.7. The van der Waals surface area contributed by atoms with Crippen LogP contribution in [-0.4, -0.2) is 24.5 Å². The Kier molecular flexibility index (Phi) is 6.61. The second-order valence-corrected chi connectivity index (χ2v) is 10.5. The molecule has 5 nitrogen and oxygen atoms in total. The van der Waals surface area contributed by atoms with E-state index in [0.29, 0.717) is 27.8 Å². The molecule has 0 aliphatic rings. The molecule has 0 aromatic heterocycles. The number of hydrogen-bond donors (Lipinski definition) is 1. The molecule has 0 fully saturated rings. The Labute approximate surface area is 205 Å². The maximum atomic E-state index is 12.6. The Morgan fingerprint density at radius 2 is 1.14 bits per heavy atom. The lowest BCUT2D eigenvalue weighted by Gasteiger charge is -2.19. The topological polar surface area (TPSA) is 80.7 Å². The van der Waals surface area contributed by atoms with Crippen molar-refractivity contribution >= 4 is 16.1 Å². The maximum absolute atomic E-state index is 12.6. The van der Waals surface area contributed by atoms with Gasteiger partial charge in [0, 0.05) is 11.1 Å². The minimum absolute atomic E-state index is 0.149. The van der Waals surface area contributed by atoms with Crippen LogP contribution in [0.3, 0.4) is 0 Å². The van der Waals surface area contributed by atoms with E-state index >= 15 is 0 Å². The molecule has 0 saturated carbocycles. The van der Waals surface area contributed by atoms with E-state index in [1.165, 1.54) is 0 Å². The molecule has 0 radical (unpaired) electrons. The molecule has 0 aliphatic heterocycles. The Balaban J connectivity index is 1.91. The van der Waals surface area contributed by atoms with Crippen molar-refractivity contribution < 1.29 is 22.5 Å². The molecule has 0 amide bonds. The Bertz CT molecular complexity index is 1390. The molecule has 4 rings (SSSR count). The van der Waals surface area contributed by atoms with Gasteiger partial charge in [0.1, 0.15) is 10.5 Å². The van der Waals surface area contributed by atoms with Crippen molar-refractivity contribution in [2.75, 3.05) is 0 Å². The third-order valence-corrected chi connectivity index (χ3v) is 6.33. The number of ether oxygens (including phenoxy) is 1. The minimum Gasteiger partial charge on any atom is -0.456 e. The van der Waals surface area contributed by atoms with Crippen LogP contribution in [0.5, 0.6) is 0 Å². The molecule has 35 heavy (non-hydrogen) atoms. The van der Waals surface area contributed by atoms with Gasteiger partial charge < -0.3 is 4.74 Å². The van der Waals surface area contributed by atoms with Crippen LogP contribution >= 0.6 is 0 Å². The molecule has 4 aromatic rings. The molecule has 0 bridgehead atoms. The van der Waals surface area contributed by atoms with Crippen molar-refractivity contribution in [2.24, 2.45) is 0 Å². The summed E-state index contributed by atoms with van der Waals surface area (Å²) in [5, 5.41) is 0. The molecule has 1 N–H and O–H groups in total. The molecule has 0 atom stereocenters. The van der Waals surface area contributed by atoms with Gasteiger partial charge in [0.05, 0.1) is 5.56 Å². The number of carbonyl (C=O) groups excluding carboxylic acids is 1. The van der Waals surface area contributed by atoms with Crippen LogP contribution in [0.15, 0.2) is 102 Å². The lowest BCUT2D eigenvalue weighted by atomic mass is 9.93. The van der Waals surface area contributed by atoms with Crippen molar-refractivity contribution in [2.45, 2.75) is 31.3 Å². The normalized spacial score (nSPS) is 11.8. The Morgan fingerprint density at radius 1 is 0.686 bits per heavy atom. The van der Waals surface area contributed by atoms with Gasteiger partial charge in [-0.1, -0.05) is 72.8 Å². The second kappa shape index (κ2) is 9.49. The number of benzene rings is 4. The molecule has 0 spiro atoms. The third kappa shape index (κ3) is 5.67. The highest BCUT2D eigenvalue weighted by Gasteiger charge is 2.24. The van der Waals surface area contributed by atoms with E-state index < -0.39 is 21.7 Å². The summed E-state index contributed by atoms with van der Waals surface area (Å²) in [5.41, 5.74) is 3.44. The van der Waals surface area contributed by atoms with E-state index in [2.05, 4.69) is 0 Å². The van der Waals surface area contributed by atoms with Crippen LogP contribution in [-0.2, 0) is 14.9 Å². The first kappa shape index (κ1) is 24.4. The molecule has 0 aliphatic carbocycles. The van der Waals surface area contributed by atoms with Crippen molar-refractivity contribution in [1.82, 2.24) is 0 Å². The minimum atomic E-state index is -4.56. The lowest BCUT2D eigenvalue weighted by molar-refractivity contribution is 0.00695. The van der Waals surface area contributed by atoms with Crippen LogP contribution in [0, 0.1) is 0 Å². The lowest BCUT2D eigenvalue weighted by Crippen LogP contribution is -2.23. The van der Waals surface area contributed by atoms with Crippen LogP contribution in [0.2, 0.25) is 0 Å². The smallest absolute Gasteiger partial charge is 0.338 e. The third-order valence-electron chi connectivity index (χ3n) is 5.37. The summed E-state index contributed by atoms with van der Waals surface area (Å²) in [6, 6.07) is 28.6. The molecule has 0 unspecified atom stereocenters. The number of carbonyl (C=O) groups is 1. The van der Waals surface area contributed by atoms with Gasteiger partial charge in [-0.3, -0.25) is 4.55 Å². The van der Waals surface area contributed by atoms with Gasteiger partial charge in [0.15, 0.2) is 0 Å². The monoisotopic (exact) mass is 486 g/mol. The first-order valence-corrected chi connectivity index (χ1v) is 12.6. The number of esters is 1. The first-order valence-electron chi connectivity index (χ1n) is 11.1. The summed E-state index contributed by atoms with van der Waals surface area (Å²) < 4.78 is 40.9. The maximum Gasteiger partial charge on any atom is 0.338 e. The van der Waals surface area contributed by atoms with Gasteiger partial charge in [0.2, 0.25) is 0 Å². The van der Waals surface area contributed by atoms with Crippen molar-refractivity contribution in [3.63, 3.8) is 0 Å². The van der Waals surface area contributed by atoms with Crippen LogP contribution < -0.4 is 0 Å². The Hall–Kier alpha value is -3.74. The van der Waals surface area contributed by atoms with Crippen LogP contribution in [0.25, 0.3) is 33.4 Å². The average molecular weight is 487 g/mol. The van der Waals surface area contributed by atoms with Crippen molar-refractivity contribution in [3.05, 3.63) is 103 Å². The highest BCUT2D eigenvalue weighted by atomic mass is 32.2. The first-order chi connectivity index (χ1) is 16.5. The fourth-order valence-corrected chi connectivity index (χ4v) is 4.78. The molecule has 0 saturated heterocycles. The van der Waals surface area contributed by atoms with Gasteiger partial charge in [-0.15, -0.1) is 0 Å². The average Bonchev–Trinajstić information content (AvgIpc) is 2.83. The van der Waals surface area contributed by atoms with Gasteiger partial charge in [-0.2, -0.15) is 8.42 Å². The van der Waals surface area contributed by atoms with E-state index in [9.17, 15) is 17.8 Å². The second-order valence-electron chi connectivity index (χ2n) is 9.19. The van der Waals surface area contributed by atoms with Gasteiger partial charge in [-0.05, 0) is 67.3 Å².